The number of nitrogens with zero attached hydrogens (tertiary/aromatic N) is 2. The molecule has 1 amide bonds. The van der Waals surface area contributed by atoms with Gasteiger partial charge in [-0.25, -0.2) is 9.97 Å². The smallest absolute Gasteiger partial charge is 0.275 e. The average molecular weight is 346 g/mol. The number of rotatable bonds is 6. The largest absolute Gasteiger partial charge is 0.368 e. The molecule has 0 unspecified atom stereocenters. The van der Waals surface area contributed by atoms with E-state index in [2.05, 4.69) is 32.7 Å². The number of nitrogens with one attached hydrogen (secondary N) is 2. The van der Waals surface area contributed by atoms with Crippen LogP contribution < -0.4 is 10.6 Å². The summed E-state index contributed by atoms with van der Waals surface area (Å²) >= 11 is 0. The van der Waals surface area contributed by atoms with Crippen LogP contribution in [0.4, 0.5) is 11.5 Å². The zero-order valence-corrected chi connectivity index (χ0v) is 15.0. The highest BCUT2D eigenvalue weighted by Crippen LogP contribution is 2.18. The summed E-state index contributed by atoms with van der Waals surface area (Å²) in [6.07, 6.45) is 3.98. The zero-order valence-electron chi connectivity index (χ0n) is 15.0. The van der Waals surface area contributed by atoms with E-state index in [1.807, 2.05) is 50.2 Å². The summed E-state index contributed by atoms with van der Waals surface area (Å²) in [6, 6.07) is 16.1. The van der Waals surface area contributed by atoms with Gasteiger partial charge in [0, 0.05) is 12.2 Å². The number of carbonyl (C=O) groups excluding carboxylic acids is 1. The maximum Gasteiger partial charge on any atom is 0.275 e. The Morgan fingerprint density at radius 1 is 0.962 bits per heavy atom. The lowest BCUT2D eigenvalue weighted by Gasteiger charge is -2.10. The summed E-state index contributed by atoms with van der Waals surface area (Å²) in [7, 11) is 0. The first-order chi connectivity index (χ1) is 12.6. The molecule has 0 spiro atoms. The number of hydrogen-bond acceptors (Lipinski definition) is 4. The van der Waals surface area contributed by atoms with Crippen molar-refractivity contribution in [2.75, 3.05) is 17.2 Å². The summed E-state index contributed by atoms with van der Waals surface area (Å²) in [6.45, 7) is 4.75. The molecule has 1 heterocycles. The number of amides is 1. The van der Waals surface area contributed by atoms with Gasteiger partial charge in [0.05, 0.1) is 12.4 Å². The molecule has 0 saturated carbocycles. The highest BCUT2D eigenvalue weighted by Gasteiger charge is 2.10. The molecule has 0 bridgehead atoms. The van der Waals surface area contributed by atoms with E-state index in [9.17, 15) is 4.79 Å². The molecule has 0 atom stereocenters. The third-order valence-corrected chi connectivity index (χ3v) is 4.30. The van der Waals surface area contributed by atoms with Crippen molar-refractivity contribution in [1.29, 1.82) is 0 Å². The molecule has 0 aliphatic carbocycles. The lowest BCUT2D eigenvalue weighted by Crippen LogP contribution is -2.15. The fourth-order valence-electron chi connectivity index (χ4n) is 2.59. The van der Waals surface area contributed by atoms with E-state index in [4.69, 9.17) is 0 Å². The first-order valence-electron chi connectivity index (χ1n) is 8.61. The van der Waals surface area contributed by atoms with Crippen molar-refractivity contribution in [1.82, 2.24) is 9.97 Å². The van der Waals surface area contributed by atoms with Gasteiger partial charge < -0.3 is 10.6 Å². The van der Waals surface area contributed by atoms with Crippen LogP contribution in [-0.2, 0) is 6.42 Å². The summed E-state index contributed by atoms with van der Waals surface area (Å²) in [5, 5.41) is 6.11. The number of carbonyl (C=O) groups is 1. The van der Waals surface area contributed by atoms with E-state index >= 15 is 0 Å². The van der Waals surface area contributed by atoms with E-state index in [-0.39, 0.29) is 5.91 Å². The van der Waals surface area contributed by atoms with Crippen LogP contribution in [0, 0.1) is 13.8 Å². The second-order valence-electron chi connectivity index (χ2n) is 6.15. The molecule has 3 rings (SSSR count). The average Bonchev–Trinajstić information content (AvgIpc) is 2.67. The Hall–Kier alpha value is -3.21. The minimum absolute atomic E-state index is 0.262. The third kappa shape index (κ3) is 4.45. The summed E-state index contributed by atoms with van der Waals surface area (Å²) < 4.78 is 0. The predicted octanol–water partition coefficient (Wildman–Crippen LogP) is 4.00. The fraction of sp³-hybridized carbons (Fsp3) is 0.190. The van der Waals surface area contributed by atoms with Gasteiger partial charge in [0.25, 0.3) is 5.91 Å². The minimum Gasteiger partial charge on any atom is -0.368 e. The number of anilines is 2. The lowest BCUT2D eigenvalue weighted by atomic mass is 10.1. The number of aryl methyl sites for hydroxylation is 1. The van der Waals surface area contributed by atoms with Crippen LogP contribution in [0.2, 0.25) is 0 Å². The predicted molar refractivity (Wildman–Crippen MR) is 105 cm³/mol. The molecule has 132 valence electrons. The highest BCUT2D eigenvalue weighted by atomic mass is 16.1. The van der Waals surface area contributed by atoms with Crippen molar-refractivity contribution >= 4 is 17.4 Å². The second-order valence-corrected chi connectivity index (χ2v) is 6.15. The molecular weight excluding hydrogens is 324 g/mol. The number of hydrogen-bond donors (Lipinski definition) is 2. The van der Waals surface area contributed by atoms with Crippen LogP contribution in [0.25, 0.3) is 0 Å². The van der Waals surface area contributed by atoms with Crippen LogP contribution in [0.1, 0.15) is 27.2 Å². The van der Waals surface area contributed by atoms with Crippen molar-refractivity contribution in [3.63, 3.8) is 0 Å². The maximum absolute atomic E-state index is 12.4. The molecule has 0 fully saturated rings. The minimum atomic E-state index is -0.262. The van der Waals surface area contributed by atoms with Gasteiger partial charge in [0.2, 0.25) is 0 Å². The number of aromatic nitrogens is 2. The SMILES string of the molecule is Cc1cccc(NC(=O)c2cnc(NCCc3ccccc3)cn2)c1C. The lowest BCUT2D eigenvalue weighted by molar-refractivity contribution is 0.102. The van der Waals surface area contributed by atoms with Crippen LogP contribution in [0.5, 0.6) is 0 Å². The van der Waals surface area contributed by atoms with Gasteiger partial charge in [-0.3, -0.25) is 4.79 Å². The molecule has 0 saturated heterocycles. The molecule has 5 nitrogen and oxygen atoms in total. The Bertz CT molecular complexity index is 876. The summed E-state index contributed by atoms with van der Waals surface area (Å²) in [5.74, 6) is 0.395. The monoisotopic (exact) mass is 346 g/mol. The molecule has 0 aliphatic rings. The van der Waals surface area contributed by atoms with E-state index in [0.717, 1.165) is 29.8 Å². The van der Waals surface area contributed by atoms with Crippen molar-refractivity contribution in [3.8, 4) is 0 Å². The van der Waals surface area contributed by atoms with Gasteiger partial charge in [0.1, 0.15) is 11.5 Å². The van der Waals surface area contributed by atoms with Crippen molar-refractivity contribution in [2.24, 2.45) is 0 Å². The Morgan fingerprint density at radius 3 is 2.50 bits per heavy atom. The van der Waals surface area contributed by atoms with Crippen molar-refractivity contribution in [3.05, 3.63) is 83.3 Å². The highest BCUT2D eigenvalue weighted by molar-refractivity contribution is 6.03. The Labute approximate surface area is 153 Å². The Morgan fingerprint density at radius 2 is 1.77 bits per heavy atom. The quantitative estimate of drug-likeness (QED) is 0.708. The normalized spacial score (nSPS) is 10.4. The van der Waals surface area contributed by atoms with Gasteiger partial charge in [-0.1, -0.05) is 42.5 Å². The van der Waals surface area contributed by atoms with Crippen LogP contribution in [0.15, 0.2) is 60.9 Å². The Kier molecular flexibility index (Phi) is 5.59. The summed E-state index contributed by atoms with van der Waals surface area (Å²) in [5.41, 5.74) is 4.53. The molecule has 2 N–H and O–H groups in total. The number of benzene rings is 2. The van der Waals surface area contributed by atoms with Crippen molar-refractivity contribution < 1.29 is 4.79 Å². The molecule has 5 heteroatoms. The van der Waals surface area contributed by atoms with Crippen LogP contribution in [0.3, 0.4) is 0 Å². The van der Waals surface area contributed by atoms with Gasteiger partial charge >= 0.3 is 0 Å². The molecule has 2 aromatic carbocycles. The third-order valence-electron chi connectivity index (χ3n) is 4.30. The van der Waals surface area contributed by atoms with E-state index in [1.54, 1.807) is 6.20 Å². The summed E-state index contributed by atoms with van der Waals surface area (Å²) in [4.78, 5) is 20.8. The first kappa shape index (κ1) is 17.6. The van der Waals surface area contributed by atoms with Crippen LogP contribution in [-0.4, -0.2) is 22.4 Å². The van der Waals surface area contributed by atoms with Gasteiger partial charge in [-0.05, 0) is 43.0 Å². The maximum atomic E-state index is 12.4. The fourth-order valence-corrected chi connectivity index (χ4v) is 2.59. The first-order valence-corrected chi connectivity index (χ1v) is 8.61. The molecule has 26 heavy (non-hydrogen) atoms. The standard InChI is InChI=1S/C21H22N4O/c1-15-7-6-10-18(16(15)2)25-21(26)19-13-24-20(14-23-19)22-12-11-17-8-4-3-5-9-17/h3-10,13-14H,11-12H2,1-2H3,(H,22,24)(H,25,26). The second kappa shape index (κ2) is 8.25. The van der Waals surface area contributed by atoms with E-state index < -0.39 is 0 Å². The van der Waals surface area contributed by atoms with Crippen molar-refractivity contribution in [2.45, 2.75) is 20.3 Å². The van der Waals surface area contributed by atoms with Gasteiger partial charge in [0.15, 0.2) is 0 Å². The molecule has 0 radical (unpaired) electrons. The Balaban J connectivity index is 1.56. The van der Waals surface area contributed by atoms with Crippen LogP contribution >= 0.6 is 0 Å². The van der Waals surface area contributed by atoms with E-state index in [1.165, 1.54) is 11.8 Å². The zero-order chi connectivity index (χ0) is 18.4. The molecular formula is C21H22N4O. The van der Waals surface area contributed by atoms with E-state index in [0.29, 0.717) is 11.5 Å². The molecule has 3 aromatic rings. The topological polar surface area (TPSA) is 66.9 Å². The van der Waals surface area contributed by atoms with Gasteiger partial charge in [-0.15, -0.1) is 0 Å². The molecule has 1 aromatic heterocycles. The molecule has 0 aliphatic heterocycles. The van der Waals surface area contributed by atoms with Gasteiger partial charge in [-0.2, -0.15) is 0 Å².